The average Bonchev–Trinajstić information content (AvgIpc) is 2.88. The lowest BCUT2D eigenvalue weighted by atomic mass is 10.0. The molecule has 0 atom stereocenters. The maximum absolute atomic E-state index is 13.1. The van der Waals surface area contributed by atoms with E-state index >= 15 is 0 Å². The maximum atomic E-state index is 13.1. The van der Waals surface area contributed by atoms with Crippen LogP contribution in [0.5, 0.6) is 0 Å². The number of hydrogen-bond donors (Lipinski definition) is 1. The third-order valence-corrected chi connectivity index (χ3v) is 4.02. The highest BCUT2D eigenvalue weighted by molar-refractivity contribution is 6.26. The number of ketones is 1. The van der Waals surface area contributed by atoms with E-state index in [4.69, 9.17) is 5.73 Å². The van der Waals surface area contributed by atoms with E-state index < -0.39 is 23.4 Å². The Bertz CT molecular complexity index is 882. The number of Topliss-reactive ketones (excluding diaryl/α,β-unsaturated/α-hetero) is 1. The van der Waals surface area contributed by atoms with Crippen LogP contribution in [-0.2, 0) is 0 Å². The van der Waals surface area contributed by atoms with Gasteiger partial charge in [0.1, 0.15) is 11.5 Å². The van der Waals surface area contributed by atoms with Crippen LogP contribution in [0.4, 0.5) is 4.39 Å². The molecule has 2 amide bonds. The third kappa shape index (κ3) is 2.71. The topological polar surface area (TPSA) is 80.5 Å². The molecule has 1 aliphatic heterocycles. The molecule has 1 heterocycles. The van der Waals surface area contributed by atoms with Crippen LogP contribution in [0.25, 0.3) is 0 Å². The first-order valence-corrected chi connectivity index (χ1v) is 7.72. The molecule has 6 heteroatoms. The smallest absolute Gasteiger partial charge is 0.266 e. The van der Waals surface area contributed by atoms with Gasteiger partial charge in [-0.25, -0.2) is 9.29 Å². The summed E-state index contributed by atoms with van der Waals surface area (Å²) in [7, 11) is 0. The first-order valence-electron chi connectivity index (χ1n) is 7.72. The fourth-order valence-corrected chi connectivity index (χ4v) is 2.69. The van der Waals surface area contributed by atoms with Gasteiger partial charge in [-0.05, 0) is 42.8 Å². The number of rotatable bonds is 4. The molecule has 0 spiro atoms. The Balaban J connectivity index is 2.10. The van der Waals surface area contributed by atoms with Gasteiger partial charge in [0.2, 0.25) is 5.78 Å². The summed E-state index contributed by atoms with van der Waals surface area (Å²) in [6, 6.07) is 11.2. The predicted octanol–water partition coefficient (Wildman–Crippen LogP) is 2.88. The van der Waals surface area contributed by atoms with E-state index in [2.05, 4.69) is 0 Å². The van der Waals surface area contributed by atoms with E-state index in [0.717, 1.165) is 17.0 Å². The van der Waals surface area contributed by atoms with Crippen molar-refractivity contribution in [3.05, 3.63) is 82.4 Å². The number of halogens is 1. The lowest BCUT2D eigenvalue weighted by molar-refractivity contribution is 0.0675. The number of allylic oxidation sites excluding steroid dienone is 2. The van der Waals surface area contributed by atoms with Crippen LogP contribution in [0.15, 0.2) is 59.9 Å². The molecule has 1 aliphatic rings. The number of fused-ring (bicyclic) bond motifs is 1. The summed E-state index contributed by atoms with van der Waals surface area (Å²) in [5.41, 5.74) is 6.49. The molecule has 5 nitrogen and oxygen atoms in total. The first kappa shape index (κ1) is 16.6. The number of benzene rings is 2. The Hall–Kier alpha value is -3.28. The monoisotopic (exact) mass is 338 g/mol. The predicted molar refractivity (Wildman–Crippen MR) is 89.2 cm³/mol. The van der Waals surface area contributed by atoms with Crippen molar-refractivity contribution in [2.24, 2.45) is 5.73 Å². The normalized spacial score (nSPS) is 14.4. The second-order valence-corrected chi connectivity index (χ2v) is 5.55. The van der Waals surface area contributed by atoms with Gasteiger partial charge in [0.15, 0.2) is 0 Å². The van der Waals surface area contributed by atoms with Gasteiger partial charge in [0.25, 0.3) is 11.8 Å². The third-order valence-electron chi connectivity index (χ3n) is 4.02. The Morgan fingerprint density at radius 1 is 1.00 bits per heavy atom. The zero-order valence-electron chi connectivity index (χ0n) is 13.5. The summed E-state index contributed by atoms with van der Waals surface area (Å²) in [4.78, 5) is 39.0. The summed E-state index contributed by atoms with van der Waals surface area (Å²) in [5, 5.41) is 0. The fourth-order valence-electron chi connectivity index (χ4n) is 2.69. The minimum absolute atomic E-state index is 0.115. The van der Waals surface area contributed by atoms with Gasteiger partial charge in [-0.15, -0.1) is 0 Å². The highest BCUT2D eigenvalue weighted by atomic mass is 19.1. The molecule has 0 fully saturated rings. The number of nitrogens with two attached hydrogens (primary N) is 1. The van der Waals surface area contributed by atoms with Gasteiger partial charge < -0.3 is 5.73 Å². The van der Waals surface area contributed by atoms with Crippen molar-refractivity contribution < 1.29 is 18.8 Å². The molecule has 0 bridgehead atoms. The van der Waals surface area contributed by atoms with Crippen LogP contribution in [-0.4, -0.2) is 22.5 Å². The van der Waals surface area contributed by atoms with Crippen molar-refractivity contribution in [3.8, 4) is 0 Å². The van der Waals surface area contributed by atoms with E-state index in [9.17, 15) is 18.8 Å². The molecule has 126 valence electrons. The van der Waals surface area contributed by atoms with Crippen molar-refractivity contribution in [1.82, 2.24) is 4.90 Å². The Morgan fingerprint density at radius 3 is 2.00 bits per heavy atom. The van der Waals surface area contributed by atoms with Crippen molar-refractivity contribution in [2.75, 3.05) is 0 Å². The molecule has 0 unspecified atom stereocenters. The average molecular weight is 338 g/mol. The van der Waals surface area contributed by atoms with Crippen molar-refractivity contribution in [1.29, 1.82) is 0 Å². The molecule has 2 aromatic carbocycles. The molecular formula is C19H15FN2O3. The SMILES string of the molecule is CC/C(N)=C(\C(=O)c1ccc(F)cc1)N1C(=O)c2ccccc2C1=O. The molecule has 3 rings (SSSR count). The quantitative estimate of drug-likeness (QED) is 0.528. The molecule has 2 N–H and O–H groups in total. The first-order chi connectivity index (χ1) is 12.0. The van der Waals surface area contributed by atoms with E-state index in [-0.39, 0.29) is 34.5 Å². The summed E-state index contributed by atoms with van der Waals surface area (Å²) in [6.45, 7) is 1.71. The van der Waals surface area contributed by atoms with Gasteiger partial charge in [-0.1, -0.05) is 19.1 Å². The summed E-state index contributed by atoms with van der Waals surface area (Å²) in [5.74, 6) is -2.29. The standard InChI is InChI=1S/C19H15FN2O3/c1-2-15(21)16(17(23)11-7-9-12(20)10-8-11)22-18(24)13-5-3-4-6-14(13)19(22)25/h3-10H,2,21H2,1H3/b16-15-. The Morgan fingerprint density at radius 2 is 1.52 bits per heavy atom. The minimum Gasteiger partial charge on any atom is -0.400 e. The molecule has 2 aromatic rings. The second kappa shape index (κ2) is 6.32. The minimum atomic E-state index is -0.603. The zero-order valence-corrected chi connectivity index (χ0v) is 13.5. The van der Waals surface area contributed by atoms with Gasteiger partial charge >= 0.3 is 0 Å². The zero-order chi connectivity index (χ0) is 18.1. The van der Waals surface area contributed by atoms with Gasteiger partial charge in [-0.2, -0.15) is 0 Å². The molecule has 0 radical (unpaired) electrons. The van der Waals surface area contributed by atoms with Crippen molar-refractivity contribution >= 4 is 17.6 Å². The summed E-state index contributed by atoms with van der Waals surface area (Å²) in [6.07, 6.45) is 0.273. The molecule has 0 saturated carbocycles. The largest absolute Gasteiger partial charge is 0.400 e. The molecule has 0 aliphatic carbocycles. The van der Waals surface area contributed by atoms with Crippen LogP contribution in [0.1, 0.15) is 44.4 Å². The summed E-state index contributed by atoms with van der Waals surface area (Å²) >= 11 is 0. The van der Waals surface area contributed by atoms with Crippen molar-refractivity contribution in [3.63, 3.8) is 0 Å². The Labute approximate surface area is 143 Å². The number of imide groups is 1. The van der Waals surface area contributed by atoms with Crippen LogP contribution in [0, 0.1) is 5.82 Å². The van der Waals surface area contributed by atoms with Crippen LogP contribution in [0.2, 0.25) is 0 Å². The van der Waals surface area contributed by atoms with Crippen LogP contribution >= 0.6 is 0 Å². The van der Waals surface area contributed by atoms with E-state index in [1.54, 1.807) is 19.1 Å². The van der Waals surface area contributed by atoms with E-state index in [1.165, 1.54) is 24.3 Å². The van der Waals surface area contributed by atoms with Crippen LogP contribution in [0.3, 0.4) is 0 Å². The molecule has 0 aromatic heterocycles. The number of nitrogens with zero attached hydrogens (tertiary/aromatic N) is 1. The molecule has 25 heavy (non-hydrogen) atoms. The highest BCUT2D eigenvalue weighted by Crippen LogP contribution is 2.29. The number of hydrogen-bond acceptors (Lipinski definition) is 4. The van der Waals surface area contributed by atoms with Crippen molar-refractivity contribution in [2.45, 2.75) is 13.3 Å². The fraction of sp³-hybridized carbons (Fsp3) is 0.105. The second-order valence-electron chi connectivity index (χ2n) is 5.55. The van der Waals surface area contributed by atoms with Gasteiger partial charge in [0.05, 0.1) is 11.1 Å². The summed E-state index contributed by atoms with van der Waals surface area (Å²) < 4.78 is 13.1. The molecule has 0 saturated heterocycles. The van der Waals surface area contributed by atoms with Crippen LogP contribution < -0.4 is 5.73 Å². The van der Waals surface area contributed by atoms with Gasteiger partial charge in [-0.3, -0.25) is 14.4 Å². The lowest BCUT2D eigenvalue weighted by Gasteiger charge is -2.19. The van der Waals surface area contributed by atoms with E-state index in [0.29, 0.717) is 0 Å². The maximum Gasteiger partial charge on any atom is 0.266 e. The Kier molecular flexibility index (Phi) is 4.19. The number of amides is 2. The lowest BCUT2D eigenvalue weighted by Crippen LogP contribution is -2.35. The highest BCUT2D eigenvalue weighted by Gasteiger charge is 2.40. The van der Waals surface area contributed by atoms with E-state index in [1.807, 2.05) is 0 Å². The number of carbonyl (C=O) groups excluding carboxylic acids is 3. The molecular weight excluding hydrogens is 323 g/mol. The number of carbonyl (C=O) groups is 3. The van der Waals surface area contributed by atoms with Gasteiger partial charge in [0, 0.05) is 11.3 Å².